The first-order chi connectivity index (χ1) is 8.27. The topological polar surface area (TPSA) is 32.3 Å². The Morgan fingerprint density at radius 3 is 2.65 bits per heavy atom. The maximum absolute atomic E-state index is 12.2. The van der Waals surface area contributed by atoms with Crippen molar-refractivity contribution in [1.82, 2.24) is 10.2 Å². The molecular formula is C14H26N2O. The average molecular weight is 238 g/mol. The van der Waals surface area contributed by atoms with Crippen LogP contribution in [0.25, 0.3) is 0 Å². The molecule has 3 nitrogen and oxygen atoms in total. The fourth-order valence-electron chi connectivity index (χ4n) is 3.20. The lowest BCUT2D eigenvalue weighted by Gasteiger charge is -2.28. The Labute approximate surface area is 105 Å². The summed E-state index contributed by atoms with van der Waals surface area (Å²) in [6.07, 6.45) is 9.47. The molecule has 2 rings (SSSR count). The number of amides is 1. The van der Waals surface area contributed by atoms with Gasteiger partial charge < -0.3 is 10.2 Å². The van der Waals surface area contributed by atoms with E-state index in [-0.39, 0.29) is 0 Å². The summed E-state index contributed by atoms with van der Waals surface area (Å²) in [6, 6.07) is 0.471. The van der Waals surface area contributed by atoms with E-state index in [0.29, 0.717) is 17.9 Å². The van der Waals surface area contributed by atoms with Crippen LogP contribution in [0, 0.1) is 5.92 Å². The summed E-state index contributed by atoms with van der Waals surface area (Å²) in [6.45, 7) is 2.17. The normalized spacial score (nSPS) is 26.8. The van der Waals surface area contributed by atoms with Gasteiger partial charge in [0.05, 0.1) is 0 Å². The summed E-state index contributed by atoms with van der Waals surface area (Å²) in [5, 5.41) is 3.41. The van der Waals surface area contributed by atoms with Crippen molar-refractivity contribution in [2.75, 3.05) is 20.1 Å². The Hall–Kier alpha value is -0.570. The van der Waals surface area contributed by atoms with Crippen molar-refractivity contribution in [2.45, 2.75) is 57.4 Å². The smallest absolute Gasteiger partial charge is 0.222 e. The van der Waals surface area contributed by atoms with Crippen LogP contribution in [0.2, 0.25) is 0 Å². The van der Waals surface area contributed by atoms with Gasteiger partial charge in [-0.3, -0.25) is 4.79 Å². The second-order valence-electron chi connectivity index (χ2n) is 5.69. The number of hydrogen-bond donors (Lipinski definition) is 1. The van der Waals surface area contributed by atoms with Crippen molar-refractivity contribution < 1.29 is 4.79 Å². The van der Waals surface area contributed by atoms with Crippen molar-refractivity contribution in [2.24, 2.45) is 5.92 Å². The molecule has 0 aromatic rings. The molecule has 0 aromatic carbocycles. The molecule has 0 spiro atoms. The van der Waals surface area contributed by atoms with Gasteiger partial charge >= 0.3 is 0 Å². The average Bonchev–Trinajstić information content (AvgIpc) is 2.68. The van der Waals surface area contributed by atoms with Crippen LogP contribution in [0.5, 0.6) is 0 Å². The van der Waals surface area contributed by atoms with Crippen LogP contribution < -0.4 is 5.32 Å². The number of hydrogen-bond acceptors (Lipinski definition) is 2. The minimum absolute atomic E-state index is 0.379. The molecule has 0 aromatic heterocycles. The fraction of sp³-hybridized carbons (Fsp3) is 0.929. The first-order valence-corrected chi connectivity index (χ1v) is 7.24. The lowest BCUT2D eigenvalue weighted by molar-refractivity contribution is -0.133. The zero-order chi connectivity index (χ0) is 12.1. The Bertz CT molecular complexity index is 241. The van der Waals surface area contributed by atoms with Gasteiger partial charge in [0.15, 0.2) is 0 Å². The molecule has 1 amide bonds. The molecule has 1 saturated heterocycles. The lowest BCUT2D eigenvalue weighted by atomic mass is 10.0. The third-order valence-electron chi connectivity index (χ3n) is 4.42. The summed E-state index contributed by atoms with van der Waals surface area (Å²) in [5.74, 6) is 1.05. The van der Waals surface area contributed by atoms with Crippen LogP contribution in [0.1, 0.15) is 51.4 Å². The van der Waals surface area contributed by atoms with Crippen molar-refractivity contribution in [3.05, 3.63) is 0 Å². The van der Waals surface area contributed by atoms with E-state index in [1.165, 1.54) is 38.5 Å². The molecular weight excluding hydrogens is 212 g/mol. The SMILES string of the molecule is CN(C(=O)CC1CCCC1)C1CCCNCC1. The van der Waals surface area contributed by atoms with Gasteiger partial charge in [-0.05, 0) is 51.1 Å². The van der Waals surface area contributed by atoms with Gasteiger partial charge in [-0.15, -0.1) is 0 Å². The van der Waals surface area contributed by atoms with Gasteiger partial charge in [-0.2, -0.15) is 0 Å². The summed E-state index contributed by atoms with van der Waals surface area (Å²) >= 11 is 0. The monoisotopic (exact) mass is 238 g/mol. The molecule has 2 fully saturated rings. The summed E-state index contributed by atoms with van der Waals surface area (Å²) in [5.41, 5.74) is 0. The molecule has 1 aliphatic carbocycles. The third kappa shape index (κ3) is 3.70. The number of carbonyl (C=O) groups is 1. The Balaban J connectivity index is 1.80. The van der Waals surface area contributed by atoms with Gasteiger partial charge in [-0.1, -0.05) is 12.8 Å². The van der Waals surface area contributed by atoms with Crippen LogP contribution in [-0.2, 0) is 4.79 Å². The highest BCUT2D eigenvalue weighted by atomic mass is 16.2. The zero-order valence-electron chi connectivity index (χ0n) is 11.1. The molecule has 1 N–H and O–H groups in total. The second-order valence-corrected chi connectivity index (χ2v) is 5.69. The van der Waals surface area contributed by atoms with Crippen molar-refractivity contribution in [3.8, 4) is 0 Å². The molecule has 17 heavy (non-hydrogen) atoms. The molecule has 2 aliphatic rings. The lowest BCUT2D eigenvalue weighted by Crippen LogP contribution is -2.38. The van der Waals surface area contributed by atoms with Gasteiger partial charge in [0.1, 0.15) is 0 Å². The summed E-state index contributed by atoms with van der Waals surface area (Å²) in [4.78, 5) is 14.2. The van der Waals surface area contributed by atoms with Gasteiger partial charge in [0.2, 0.25) is 5.91 Å². The largest absolute Gasteiger partial charge is 0.343 e. The highest BCUT2D eigenvalue weighted by Crippen LogP contribution is 2.28. The summed E-state index contributed by atoms with van der Waals surface area (Å²) in [7, 11) is 2.01. The van der Waals surface area contributed by atoms with E-state index in [2.05, 4.69) is 5.32 Å². The van der Waals surface area contributed by atoms with E-state index in [1.807, 2.05) is 11.9 Å². The minimum atomic E-state index is 0.379. The molecule has 98 valence electrons. The molecule has 1 atom stereocenters. The van der Waals surface area contributed by atoms with Gasteiger partial charge in [0.25, 0.3) is 0 Å². The van der Waals surface area contributed by atoms with E-state index < -0.39 is 0 Å². The van der Waals surface area contributed by atoms with Crippen molar-refractivity contribution >= 4 is 5.91 Å². The van der Waals surface area contributed by atoms with Crippen LogP contribution in [0.3, 0.4) is 0 Å². The Morgan fingerprint density at radius 1 is 1.12 bits per heavy atom. The molecule has 0 radical (unpaired) electrons. The molecule has 3 heteroatoms. The zero-order valence-corrected chi connectivity index (χ0v) is 11.1. The van der Waals surface area contributed by atoms with Crippen LogP contribution >= 0.6 is 0 Å². The van der Waals surface area contributed by atoms with E-state index in [0.717, 1.165) is 25.9 Å². The maximum atomic E-state index is 12.2. The van der Waals surface area contributed by atoms with Crippen molar-refractivity contribution in [3.63, 3.8) is 0 Å². The Kier molecular flexibility index (Phi) is 4.84. The second kappa shape index (κ2) is 6.39. The number of rotatable bonds is 3. The third-order valence-corrected chi connectivity index (χ3v) is 4.42. The number of carbonyl (C=O) groups excluding carboxylic acids is 1. The number of nitrogens with zero attached hydrogens (tertiary/aromatic N) is 1. The summed E-state index contributed by atoms with van der Waals surface area (Å²) < 4.78 is 0. The molecule has 1 aliphatic heterocycles. The first kappa shape index (κ1) is 12.9. The van der Waals surface area contributed by atoms with E-state index in [4.69, 9.17) is 0 Å². The van der Waals surface area contributed by atoms with Crippen LogP contribution in [-0.4, -0.2) is 37.0 Å². The highest BCUT2D eigenvalue weighted by Gasteiger charge is 2.24. The fourth-order valence-corrected chi connectivity index (χ4v) is 3.20. The van der Waals surface area contributed by atoms with E-state index >= 15 is 0 Å². The predicted octanol–water partition coefficient (Wildman–Crippen LogP) is 2.17. The van der Waals surface area contributed by atoms with E-state index in [9.17, 15) is 4.79 Å². The maximum Gasteiger partial charge on any atom is 0.222 e. The molecule has 1 saturated carbocycles. The number of nitrogens with one attached hydrogen (secondary N) is 1. The molecule has 1 heterocycles. The first-order valence-electron chi connectivity index (χ1n) is 7.24. The minimum Gasteiger partial charge on any atom is -0.343 e. The van der Waals surface area contributed by atoms with Gasteiger partial charge in [-0.25, -0.2) is 0 Å². The quantitative estimate of drug-likeness (QED) is 0.817. The highest BCUT2D eigenvalue weighted by molar-refractivity contribution is 5.76. The van der Waals surface area contributed by atoms with Crippen molar-refractivity contribution in [1.29, 1.82) is 0 Å². The van der Waals surface area contributed by atoms with Gasteiger partial charge in [0, 0.05) is 19.5 Å². The standard InChI is InChI=1S/C14H26N2O/c1-16(13-7-4-9-15-10-8-13)14(17)11-12-5-2-3-6-12/h12-13,15H,2-11H2,1H3. The van der Waals surface area contributed by atoms with Crippen LogP contribution in [0.15, 0.2) is 0 Å². The van der Waals surface area contributed by atoms with E-state index in [1.54, 1.807) is 0 Å². The van der Waals surface area contributed by atoms with Crippen LogP contribution in [0.4, 0.5) is 0 Å². The molecule has 1 unspecified atom stereocenters. The molecule has 0 bridgehead atoms. The Morgan fingerprint density at radius 2 is 1.88 bits per heavy atom. The predicted molar refractivity (Wildman–Crippen MR) is 69.9 cm³/mol.